The Bertz CT molecular complexity index is 1090. The van der Waals surface area contributed by atoms with Gasteiger partial charge < -0.3 is 4.57 Å². The lowest BCUT2D eigenvalue weighted by molar-refractivity contribution is 0.687. The predicted octanol–water partition coefficient (Wildman–Crippen LogP) is 2.15. The molecule has 4 aromatic rings. The average Bonchev–Trinajstić information content (AvgIpc) is 3.30. The Labute approximate surface area is 149 Å². The van der Waals surface area contributed by atoms with Crippen molar-refractivity contribution in [2.24, 2.45) is 0 Å². The van der Waals surface area contributed by atoms with Gasteiger partial charge in [0.25, 0.3) is 0 Å². The zero-order valence-electron chi connectivity index (χ0n) is 14.0. The Morgan fingerprint density at radius 1 is 1.00 bits per heavy atom. The Kier molecular flexibility index (Phi) is 3.95. The first-order valence-electron chi connectivity index (χ1n) is 7.99. The van der Waals surface area contributed by atoms with Gasteiger partial charge in [-0.05, 0) is 41.6 Å². The molecule has 126 valence electrons. The van der Waals surface area contributed by atoms with Crippen LogP contribution in [0.25, 0.3) is 17.1 Å². The molecule has 4 rings (SSSR count). The van der Waals surface area contributed by atoms with E-state index < -0.39 is 0 Å². The van der Waals surface area contributed by atoms with Crippen LogP contribution in [0.3, 0.4) is 0 Å². The zero-order valence-corrected chi connectivity index (χ0v) is 14.0. The summed E-state index contributed by atoms with van der Waals surface area (Å²) in [5.74, 6) is 2.07. The Balaban J connectivity index is 1.74. The smallest absolute Gasteiger partial charge is 0.176 e. The Morgan fingerprint density at radius 2 is 1.85 bits per heavy atom. The number of benzene rings is 2. The van der Waals surface area contributed by atoms with E-state index in [4.69, 9.17) is 5.26 Å². The largest absolute Gasteiger partial charge is 0.303 e. The fourth-order valence-corrected chi connectivity index (χ4v) is 2.73. The van der Waals surface area contributed by atoms with Crippen molar-refractivity contribution in [1.29, 1.82) is 5.26 Å². The monoisotopic (exact) mass is 342 g/mol. The van der Waals surface area contributed by atoms with Gasteiger partial charge in [-0.3, -0.25) is 0 Å². The van der Waals surface area contributed by atoms with Crippen molar-refractivity contribution >= 4 is 0 Å². The second kappa shape index (κ2) is 6.57. The van der Waals surface area contributed by atoms with E-state index in [1.54, 1.807) is 16.8 Å². The van der Waals surface area contributed by atoms with Gasteiger partial charge in [0.1, 0.15) is 5.82 Å². The summed E-state index contributed by atoms with van der Waals surface area (Å²) in [5.41, 5.74) is 2.28. The summed E-state index contributed by atoms with van der Waals surface area (Å²) in [5, 5.41) is 29.6. The van der Waals surface area contributed by atoms with Crippen LogP contribution in [0.15, 0.2) is 54.6 Å². The van der Waals surface area contributed by atoms with Crippen LogP contribution in [-0.4, -0.2) is 35.0 Å². The minimum Gasteiger partial charge on any atom is -0.303 e. The number of hydrogen-bond donors (Lipinski definition) is 0. The highest BCUT2D eigenvalue weighted by atomic mass is 15.5. The second-order valence-corrected chi connectivity index (χ2v) is 5.69. The van der Waals surface area contributed by atoms with Gasteiger partial charge in [-0.15, -0.1) is 15.3 Å². The molecule has 0 fully saturated rings. The maximum absolute atomic E-state index is 9.13. The summed E-state index contributed by atoms with van der Waals surface area (Å²) in [6.45, 7) is 2.29. The lowest BCUT2D eigenvalue weighted by Crippen LogP contribution is -2.11. The first-order chi connectivity index (χ1) is 12.8. The van der Waals surface area contributed by atoms with Gasteiger partial charge in [-0.25, -0.2) is 0 Å². The van der Waals surface area contributed by atoms with Crippen molar-refractivity contribution in [2.45, 2.75) is 13.5 Å². The first-order valence-corrected chi connectivity index (χ1v) is 7.99. The number of rotatable bonds is 4. The molecule has 0 saturated heterocycles. The van der Waals surface area contributed by atoms with Crippen molar-refractivity contribution < 1.29 is 0 Å². The second-order valence-electron chi connectivity index (χ2n) is 5.69. The van der Waals surface area contributed by atoms with Crippen LogP contribution in [0.2, 0.25) is 0 Å². The number of nitriles is 1. The molecule has 0 radical (unpaired) electrons. The molecule has 0 aliphatic heterocycles. The summed E-state index contributed by atoms with van der Waals surface area (Å²) >= 11 is 0. The fraction of sp³-hybridized carbons (Fsp3) is 0.111. The minimum absolute atomic E-state index is 0.410. The van der Waals surface area contributed by atoms with Crippen LogP contribution in [-0.2, 0) is 6.54 Å². The molecule has 8 heteroatoms. The number of aryl methyl sites for hydroxylation is 1. The van der Waals surface area contributed by atoms with E-state index in [2.05, 4.69) is 31.8 Å². The number of tetrazole rings is 1. The molecule has 0 spiro atoms. The van der Waals surface area contributed by atoms with Gasteiger partial charge in [-0.1, -0.05) is 30.3 Å². The molecule has 2 aromatic carbocycles. The molecule has 0 atom stereocenters. The maximum atomic E-state index is 9.13. The molecular formula is C18H14N8. The Hall–Kier alpha value is -3.86. The molecule has 0 N–H and O–H groups in total. The first kappa shape index (κ1) is 15.7. The van der Waals surface area contributed by atoms with Gasteiger partial charge in [0, 0.05) is 5.56 Å². The third kappa shape index (κ3) is 2.82. The Morgan fingerprint density at radius 3 is 2.65 bits per heavy atom. The van der Waals surface area contributed by atoms with Crippen LogP contribution in [0.1, 0.15) is 17.2 Å². The lowest BCUT2D eigenvalue weighted by Gasteiger charge is -2.09. The molecule has 0 saturated carbocycles. The standard InChI is InChI=1S/C18H14N8/c1-13-20-22-18(15-7-5-6-14(10-15)11-19)25(13)12-17-21-23-24-26(17)16-8-3-2-4-9-16/h2-10H,12H2,1H3. The van der Waals surface area contributed by atoms with E-state index in [1.807, 2.05) is 54.0 Å². The van der Waals surface area contributed by atoms with E-state index in [0.717, 1.165) is 17.1 Å². The molecule has 0 bridgehead atoms. The van der Waals surface area contributed by atoms with Crippen molar-refractivity contribution in [3.05, 3.63) is 71.8 Å². The van der Waals surface area contributed by atoms with Crippen molar-refractivity contribution in [1.82, 2.24) is 35.0 Å². The number of hydrogen-bond acceptors (Lipinski definition) is 6. The molecule has 0 amide bonds. The van der Waals surface area contributed by atoms with Gasteiger partial charge >= 0.3 is 0 Å². The van der Waals surface area contributed by atoms with E-state index in [9.17, 15) is 0 Å². The molecule has 0 aliphatic carbocycles. The fourth-order valence-electron chi connectivity index (χ4n) is 2.73. The van der Waals surface area contributed by atoms with Crippen LogP contribution in [0.5, 0.6) is 0 Å². The SMILES string of the molecule is Cc1nnc(-c2cccc(C#N)c2)n1Cc1nnnn1-c1ccccc1. The van der Waals surface area contributed by atoms with E-state index in [-0.39, 0.29) is 0 Å². The number of nitrogens with zero attached hydrogens (tertiary/aromatic N) is 8. The predicted molar refractivity (Wildman–Crippen MR) is 93.2 cm³/mol. The minimum atomic E-state index is 0.410. The normalized spacial score (nSPS) is 10.6. The molecular weight excluding hydrogens is 328 g/mol. The van der Waals surface area contributed by atoms with Gasteiger partial charge in [0.15, 0.2) is 11.6 Å². The maximum Gasteiger partial charge on any atom is 0.176 e. The third-order valence-corrected chi connectivity index (χ3v) is 4.02. The topological polar surface area (TPSA) is 98.1 Å². The highest BCUT2D eigenvalue weighted by Crippen LogP contribution is 2.20. The van der Waals surface area contributed by atoms with Gasteiger partial charge in [-0.2, -0.15) is 9.94 Å². The molecule has 0 aliphatic rings. The summed E-state index contributed by atoms with van der Waals surface area (Å²) in [6, 6.07) is 19.1. The summed E-state index contributed by atoms with van der Waals surface area (Å²) in [4.78, 5) is 0. The van der Waals surface area contributed by atoms with E-state index in [1.165, 1.54) is 0 Å². The lowest BCUT2D eigenvalue weighted by atomic mass is 10.1. The number of aromatic nitrogens is 7. The van der Waals surface area contributed by atoms with Gasteiger partial charge in [0.2, 0.25) is 0 Å². The number of para-hydroxylation sites is 1. The van der Waals surface area contributed by atoms with E-state index in [0.29, 0.717) is 23.8 Å². The van der Waals surface area contributed by atoms with E-state index >= 15 is 0 Å². The summed E-state index contributed by atoms with van der Waals surface area (Å²) in [7, 11) is 0. The van der Waals surface area contributed by atoms with Crippen LogP contribution >= 0.6 is 0 Å². The molecule has 2 aromatic heterocycles. The van der Waals surface area contributed by atoms with Crippen molar-refractivity contribution in [3.8, 4) is 23.1 Å². The van der Waals surface area contributed by atoms with Crippen LogP contribution in [0, 0.1) is 18.3 Å². The molecule has 26 heavy (non-hydrogen) atoms. The van der Waals surface area contributed by atoms with Crippen LogP contribution in [0.4, 0.5) is 0 Å². The van der Waals surface area contributed by atoms with Gasteiger partial charge in [0.05, 0.1) is 23.9 Å². The zero-order chi connectivity index (χ0) is 17.9. The van der Waals surface area contributed by atoms with Crippen molar-refractivity contribution in [2.75, 3.05) is 0 Å². The van der Waals surface area contributed by atoms with Crippen LogP contribution < -0.4 is 0 Å². The summed E-state index contributed by atoms with van der Waals surface area (Å²) < 4.78 is 3.62. The van der Waals surface area contributed by atoms with Crippen molar-refractivity contribution in [3.63, 3.8) is 0 Å². The molecule has 2 heterocycles. The quantitative estimate of drug-likeness (QED) is 0.563. The molecule has 0 unspecified atom stereocenters. The average molecular weight is 342 g/mol. The molecule has 8 nitrogen and oxygen atoms in total. The highest BCUT2D eigenvalue weighted by molar-refractivity contribution is 5.58. The third-order valence-electron chi connectivity index (χ3n) is 4.02. The summed E-state index contributed by atoms with van der Waals surface area (Å²) in [6.07, 6.45) is 0. The highest BCUT2D eigenvalue weighted by Gasteiger charge is 2.16.